The number of nitrogens with zero attached hydrogens (tertiary/aromatic N) is 1. The number of nitrogens with one attached hydrogen (secondary N) is 1. The van der Waals surface area contributed by atoms with Gasteiger partial charge in [0.15, 0.2) is 0 Å². The topological polar surface area (TPSA) is 32.3 Å². The molecule has 140 valence electrons. The maximum Gasteiger partial charge on any atom is 0.230 e. The van der Waals surface area contributed by atoms with E-state index < -0.39 is 0 Å². The van der Waals surface area contributed by atoms with Gasteiger partial charge in [0, 0.05) is 15.8 Å². The smallest absolute Gasteiger partial charge is 0.230 e. The van der Waals surface area contributed by atoms with E-state index in [9.17, 15) is 4.79 Å². The first kappa shape index (κ1) is 19.5. The number of carbonyl (C=O) groups excluding carboxylic acids is 1. The molecule has 26 heavy (non-hydrogen) atoms. The van der Waals surface area contributed by atoms with Crippen LogP contribution in [0.3, 0.4) is 0 Å². The van der Waals surface area contributed by atoms with Gasteiger partial charge in [0.25, 0.3) is 0 Å². The van der Waals surface area contributed by atoms with E-state index >= 15 is 0 Å². The van der Waals surface area contributed by atoms with Crippen LogP contribution >= 0.6 is 23.1 Å². The van der Waals surface area contributed by atoms with Crippen LogP contribution in [-0.2, 0) is 4.79 Å². The number of hydrogen-bond acceptors (Lipinski definition) is 4. The predicted octanol–water partition coefficient (Wildman–Crippen LogP) is 4.80. The number of amides is 1. The highest BCUT2D eigenvalue weighted by Crippen LogP contribution is 2.31. The van der Waals surface area contributed by atoms with Crippen LogP contribution in [0.25, 0.3) is 0 Å². The van der Waals surface area contributed by atoms with Crippen LogP contribution in [0.1, 0.15) is 41.8 Å². The molecule has 3 rings (SSSR count). The Kier molecular flexibility index (Phi) is 6.79. The van der Waals surface area contributed by atoms with Crippen molar-refractivity contribution >= 4 is 29.0 Å². The van der Waals surface area contributed by atoms with Gasteiger partial charge in [-0.15, -0.1) is 23.1 Å². The molecule has 1 N–H and O–H groups in total. The summed E-state index contributed by atoms with van der Waals surface area (Å²) in [6, 6.07) is 11.1. The van der Waals surface area contributed by atoms with Crippen LogP contribution in [-0.4, -0.2) is 35.7 Å². The number of rotatable bonds is 7. The third-order valence-corrected chi connectivity index (χ3v) is 7.03. The molecule has 1 aromatic carbocycles. The summed E-state index contributed by atoms with van der Waals surface area (Å²) in [4.78, 5) is 17.6. The van der Waals surface area contributed by atoms with Crippen molar-refractivity contribution in [2.24, 2.45) is 0 Å². The Morgan fingerprint density at radius 2 is 2.04 bits per heavy atom. The lowest BCUT2D eigenvalue weighted by Gasteiger charge is -2.32. The molecule has 0 saturated carbocycles. The number of likely N-dealkylation sites (tertiary alicyclic amines) is 1. The number of thioether (sulfide) groups is 1. The molecule has 2 heterocycles. The number of thiophene rings is 1. The summed E-state index contributed by atoms with van der Waals surface area (Å²) in [6.07, 6.45) is 2.51. The van der Waals surface area contributed by atoms with Crippen molar-refractivity contribution in [2.45, 2.75) is 50.6 Å². The van der Waals surface area contributed by atoms with Crippen LogP contribution in [0.2, 0.25) is 0 Å². The monoisotopic (exact) mass is 388 g/mol. The molecule has 0 bridgehead atoms. The summed E-state index contributed by atoms with van der Waals surface area (Å²) in [7, 11) is 0. The molecule has 0 spiro atoms. The molecule has 1 amide bonds. The van der Waals surface area contributed by atoms with Gasteiger partial charge in [0.2, 0.25) is 5.91 Å². The van der Waals surface area contributed by atoms with Crippen molar-refractivity contribution < 1.29 is 4.79 Å². The highest BCUT2D eigenvalue weighted by Gasteiger charge is 2.29. The molecule has 3 nitrogen and oxygen atoms in total. The summed E-state index contributed by atoms with van der Waals surface area (Å²) in [5.74, 6) is 0.579. The highest BCUT2D eigenvalue weighted by molar-refractivity contribution is 8.00. The van der Waals surface area contributed by atoms with Crippen molar-refractivity contribution in [1.82, 2.24) is 10.2 Å². The van der Waals surface area contributed by atoms with Gasteiger partial charge in [0.1, 0.15) is 0 Å². The summed E-state index contributed by atoms with van der Waals surface area (Å²) < 4.78 is 0. The van der Waals surface area contributed by atoms with Crippen molar-refractivity contribution in [3.63, 3.8) is 0 Å². The van der Waals surface area contributed by atoms with E-state index in [4.69, 9.17) is 0 Å². The zero-order chi connectivity index (χ0) is 18.5. The Balaban J connectivity index is 1.60. The number of benzene rings is 1. The largest absolute Gasteiger partial charge is 0.351 e. The van der Waals surface area contributed by atoms with E-state index in [-0.39, 0.29) is 18.0 Å². The number of carbonyl (C=O) groups is 1. The molecule has 1 saturated heterocycles. The maximum absolute atomic E-state index is 12.6. The van der Waals surface area contributed by atoms with Gasteiger partial charge in [-0.3, -0.25) is 9.69 Å². The molecule has 5 heteroatoms. The standard InChI is InChI=1S/C21H28N2OS2/c1-15-8-9-16(2)19(13-15)26-14-20(24)22-17(3)21(18-7-6-12-25-18)23-10-4-5-11-23/h6-9,12-13,17,21H,4-5,10-11,14H2,1-3H3,(H,22,24)/t17-,21-/m1/s1. The fourth-order valence-corrected chi connectivity index (χ4v) is 5.50. The first-order chi connectivity index (χ1) is 12.5. The molecule has 0 radical (unpaired) electrons. The molecule has 1 aliphatic rings. The molecule has 1 aromatic heterocycles. The molecular weight excluding hydrogens is 360 g/mol. The number of hydrogen-bond donors (Lipinski definition) is 1. The number of aryl methyl sites for hydroxylation is 2. The van der Waals surface area contributed by atoms with Crippen LogP contribution in [0, 0.1) is 13.8 Å². The lowest BCUT2D eigenvalue weighted by atomic mass is 10.1. The first-order valence-corrected chi connectivity index (χ1v) is 11.2. The van der Waals surface area contributed by atoms with E-state index in [1.54, 1.807) is 23.1 Å². The minimum Gasteiger partial charge on any atom is -0.351 e. The van der Waals surface area contributed by atoms with Crippen LogP contribution in [0.15, 0.2) is 40.6 Å². The second-order valence-corrected chi connectivity index (χ2v) is 9.11. The minimum absolute atomic E-state index is 0.110. The Morgan fingerprint density at radius 3 is 2.73 bits per heavy atom. The average molecular weight is 389 g/mol. The van der Waals surface area contributed by atoms with E-state index in [0.29, 0.717) is 5.75 Å². The Hall–Kier alpha value is -1.30. The zero-order valence-corrected chi connectivity index (χ0v) is 17.5. The van der Waals surface area contributed by atoms with Crippen molar-refractivity contribution in [1.29, 1.82) is 0 Å². The van der Waals surface area contributed by atoms with Gasteiger partial charge in [-0.25, -0.2) is 0 Å². The van der Waals surface area contributed by atoms with Crippen LogP contribution in [0.4, 0.5) is 0 Å². The van der Waals surface area contributed by atoms with Gasteiger partial charge in [0.05, 0.1) is 11.8 Å². The average Bonchev–Trinajstić information content (AvgIpc) is 3.30. The second kappa shape index (κ2) is 9.07. The lowest BCUT2D eigenvalue weighted by molar-refractivity contribution is -0.119. The quantitative estimate of drug-likeness (QED) is 0.692. The van der Waals surface area contributed by atoms with Crippen molar-refractivity contribution in [3.05, 3.63) is 51.7 Å². The molecule has 2 atom stereocenters. The van der Waals surface area contributed by atoms with E-state index in [1.807, 2.05) is 0 Å². The summed E-state index contributed by atoms with van der Waals surface area (Å²) in [6.45, 7) is 8.58. The molecule has 0 unspecified atom stereocenters. The van der Waals surface area contributed by atoms with Crippen molar-refractivity contribution in [3.8, 4) is 0 Å². The summed E-state index contributed by atoms with van der Waals surface area (Å²) in [5.41, 5.74) is 2.47. The summed E-state index contributed by atoms with van der Waals surface area (Å²) in [5, 5.41) is 5.38. The second-order valence-electron chi connectivity index (χ2n) is 7.12. The van der Waals surface area contributed by atoms with Crippen molar-refractivity contribution in [2.75, 3.05) is 18.8 Å². The van der Waals surface area contributed by atoms with Crippen LogP contribution < -0.4 is 5.32 Å². The molecule has 0 aliphatic carbocycles. The Morgan fingerprint density at radius 1 is 1.27 bits per heavy atom. The maximum atomic E-state index is 12.6. The van der Waals surface area contributed by atoms with Crippen LogP contribution in [0.5, 0.6) is 0 Å². The third kappa shape index (κ3) is 4.90. The van der Waals surface area contributed by atoms with Gasteiger partial charge in [-0.1, -0.05) is 23.8 Å². The minimum atomic E-state index is 0.110. The first-order valence-electron chi connectivity index (χ1n) is 9.31. The zero-order valence-electron chi connectivity index (χ0n) is 15.8. The normalized spacial score (nSPS) is 17.2. The molecule has 2 aromatic rings. The molecule has 1 fully saturated rings. The highest BCUT2D eigenvalue weighted by atomic mass is 32.2. The fraction of sp³-hybridized carbons (Fsp3) is 0.476. The molecular formula is C21H28N2OS2. The van der Waals surface area contributed by atoms with E-state index in [2.05, 4.69) is 66.7 Å². The van der Waals surface area contributed by atoms with E-state index in [1.165, 1.54) is 33.7 Å². The Bertz CT molecular complexity index is 724. The lowest BCUT2D eigenvalue weighted by Crippen LogP contribution is -2.44. The Labute approximate surface area is 165 Å². The predicted molar refractivity (Wildman–Crippen MR) is 112 cm³/mol. The van der Waals surface area contributed by atoms with Gasteiger partial charge in [-0.05, 0) is 69.8 Å². The SMILES string of the molecule is Cc1ccc(C)c(SCC(=O)N[C@H](C)[C@H](c2cccs2)N2CCCC2)c1. The third-order valence-electron chi connectivity index (χ3n) is 4.93. The summed E-state index contributed by atoms with van der Waals surface area (Å²) >= 11 is 3.42. The van der Waals surface area contributed by atoms with E-state index in [0.717, 1.165) is 13.1 Å². The van der Waals surface area contributed by atoms with Gasteiger partial charge < -0.3 is 5.32 Å². The fourth-order valence-electron chi connectivity index (χ4n) is 3.60. The van der Waals surface area contributed by atoms with Gasteiger partial charge >= 0.3 is 0 Å². The van der Waals surface area contributed by atoms with Gasteiger partial charge in [-0.2, -0.15) is 0 Å². The molecule has 1 aliphatic heterocycles.